The minimum atomic E-state index is -0.206. The molecule has 4 heteroatoms. The zero-order chi connectivity index (χ0) is 9.73. The summed E-state index contributed by atoms with van der Waals surface area (Å²) in [4.78, 5) is 11.5. The van der Waals surface area contributed by atoms with Crippen LogP contribution in [-0.4, -0.2) is 25.5 Å². The van der Waals surface area contributed by atoms with E-state index in [4.69, 9.17) is 11.5 Å². The van der Waals surface area contributed by atoms with Crippen molar-refractivity contribution in [3.63, 3.8) is 0 Å². The zero-order valence-electron chi connectivity index (χ0n) is 8.01. The van der Waals surface area contributed by atoms with Crippen LogP contribution in [0, 0.1) is 5.41 Å². The third-order valence-electron chi connectivity index (χ3n) is 2.64. The Kier molecular flexibility index (Phi) is 3.69. The van der Waals surface area contributed by atoms with Crippen LogP contribution in [0.15, 0.2) is 0 Å². The molecule has 0 aliphatic heterocycles. The molecule has 0 saturated heterocycles. The van der Waals surface area contributed by atoms with Gasteiger partial charge in [0.2, 0.25) is 5.91 Å². The predicted molar refractivity (Wildman–Crippen MR) is 52.0 cm³/mol. The van der Waals surface area contributed by atoms with Crippen LogP contribution in [0.4, 0.5) is 0 Å². The molecule has 76 valence electrons. The largest absolute Gasteiger partial charge is 0.356 e. The topological polar surface area (TPSA) is 81.1 Å². The Morgan fingerprint density at radius 1 is 1.31 bits per heavy atom. The molecule has 4 nitrogen and oxygen atoms in total. The second kappa shape index (κ2) is 4.58. The lowest BCUT2D eigenvalue weighted by Crippen LogP contribution is -2.37. The van der Waals surface area contributed by atoms with E-state index in [0.717, 1.165) is 32.2 Å². The van der Waals surface area contributed by atoms with Gasteiger partial charge in [0.25, 0.3) is 0 Å². The zero-order valence-corrected chi connectivity index (χ0v) is 8.01. The lowest BCUT2D eigenvalue weighted by molar-refractivity contribution is -0.125. The molecular weight excluding hydrogens is 166 g/mol. The summed E-state index contributed by atoms with van der Waals surface area (Å²) in [5, 5.41) is 2.90. The van der Waals surface area contributed by atoms with Gasteiger partial charge in [0, 0.05) is 13.1 Å². The number of nitrogens with one attached hydrogen (secondary N) is 1. The van der Waals surface area contributed by atoms with E-state index in [-0.39, 0.29) is 11.3 Å². The highest BCUT2D eigenvalue weighted by atomic mass is 16.2. The van der Waals surface area contributed by atoms with Gasteiger partial charge in [-0.1, -0.05) is 0 Å². The van der Waals surface area contributed by atoms with Crippen LogP contribution in [0.5, 0.6) is 0 Å². The Hall–Kier alpha value is -0.610. The Morgan fingerprint density at radius 3 is 2.46 bits per heavy atom. The van der Waals surface area contributed by atoms with Crippen LogP contribution in [-0.2, 0) is 4.79 Å². The van der Waals surface area contributed by atoms with E-state index >= 15 is 0 Å². The van der Waals surface area contributed by atoms with Crippen molar-refractivity contribution < 1.29 is 4.79 Å². The van der Waals surface area contributed by atoms with Crippen LogP contribution in [0.2, 0.25) is 0 Å². The molecule has 13 heavy (non-hydrogen) atoms. The number of hydrogen-bond acceptors (Lipinski definition) is 3. The standard InChI is InChI=1S/C9H19N3O/c10-5-1-2-6-12-8(13)9(7-11)3-4-9/h1-7,10-11H2,(H,12,13). The fourth-order valence-corrected chi connectivity index (χ4v) is 1.33. The number of rotatable bonds is 6. The molecule has 0 aromatic heterocycles. The molecule has 1 amide bonds. The molecule has 1 aliphatic carbocycles. The fraction of sp³-hybridized carbons (Fsp3) is 0.889. The molecule has 0 bridgehead atoms. The van der Waals surface area contributed by atoms with Crippen LogP contribution in [0.3, 0.4) is 0 Å². The summed E-state index contributed by atoms with van der Waals surface area (Å²) < 4.78 is 0. The van der Waals surface area contributed by atoms with Crippen molar-refractivity contribution in [3.8, 4) is 0 Å². The van der Waals surface area contributed by atoms with Gasteiger partial charge in [-0.15, -0.1) is 0 Å². The Balaban J connectivity index is 2.11. The molecule has 1 fully saturated rings. The van der Waals surface area contributed by atoms with Gasteiger partial charge in [-0.05, 0) is 32.2 Å². The van der Waals surface area contributed by atoms with Crippen molar-refractivity contribution in [2.45, 2.75) is 25.7 Å². The monoisotopic (exact) mass is 185 g/mol. The lowest BCUT2D eigenvalue weighted by atomic mass is 10.1. The van der Waals surface area contributed by atoms with Crippen molar-refractivity contribution in [3.05, 3.63) is 0 Å². The number of amides is 1. The number of carbonyl (C=O) groups excluding carboxylic acids is 1. The molecule has 1 rings (SSSR count). The summed E-state index contributed by atoms with van der Waals surface area (Å²) in [5.41, 5.74) is 10.7. The first-order chi connectivity index (χ1) is 6.25. The Morgan fingerprint density at radius 2 is 2.00 bits per heavy atom. The van der Waals surface area contributed by atoms with Crippen LogP contribution in [0.25, 0.3) is 0 Å². The normalized spacial score (nSPS) is 18.3. The molecule has 0 aromatic carbocycles. The SMILES string of the molecule is NCCCCNC(=O)C1(CN)CC1. The molecule has 0 radical (unpaired) electrons. The lowest BCUT2D eigenvalue weighted by Gasteiger charge is -2.12. The summed E-state index contributed by atoms with van der Waals surface area (Å²) in [6.07, 6.45) is 3.83. The Labute approximate surface area is 79.0 Å². The third-order valence-corrected chi connectivity index (χ3v) is 2.64. The van der Waals surface area contributed by atoms with E-state index in [9.17, 15) is 4.79 Å². The van der Waals surface area contributed by atoms with Crippen LogP contribution in [0.1, 0.15) is 25.7 Å². The van der Waals surface area contributed by atoms with Crippen molar-refractivity contribution >= 4 is 5.91 Å². The maximum absolute atomic E-state index is 11.5. The number of unbranched alkanes of at least 4 members (excludes halogenated alkanes) is 1. The first-order valence-electron chi connectivity index (χ1n) is 4.93. The van der Waals surface area contributed by atoms with E-state index in [0.29, 0.717) is 13.1 Å². The smallest absolute Gasteiger partial charge is 0.227 e. The molecule has 1 aliphatic rings. The van der Waals surface area contributed by atoms with Gasteiger partial charge in [-0.2, -0.15) is 0 Å². The summed E-state index contributed by atoms with van der Waals surface area (Å²) in [5.74, 6) is 0.132. The maximum Gasteiger partial charge on any atom is 0.227 e. The third kappa shape index (κ3) is 2.67. The van der Waals surface area contributed by atoms with Crippen LogP contribution >= 0.6 is 0 Å². The molecule has 0 unspecified atom stereocenters. The van der Waals surface area contributed by atoms with Gasteiger partial charge in [0.05, 0.1) is 5.41 Å². The second-order valence-electron chi connectivity index (χ2n) is 3.74. The summed E-state index contributed by atoms with van der Waals surface area (Å²) >= 11 is 0. The summed E-state index contributed by atoms with van der Waals surface area (Å²) in [6.45, 7) is 1.91. The summed E-state index contributed by atoms with van der Waals surface area (Å²) in [6, 6.07) is 0. The molecule has 1 saturated carbocycles. The second-order valence-corrected chi connectivity index (χ2v) is 3.74. The minimum Gasteiger partial charge on any atom is -0.356 e. The fourth-order valence-electron chi connectivity index (χ4n) is 1.33. The van der Waals surface area contributed by atoms with E-state index in [1.54, 1.807) is 0 Å². The van der Waals surface area contributed by atoms with Crippen molar-refractivity contribution in [1.29, 1.82) is 0 Å². The number of carbonyl (C=O) groups is 1. The minimum absolute atomic E-state index is 0.132. The highest BCUT2D eigenvalue weighted by molar-refractivity contribution is 5.85. The van der Waals surface area contributed by atoms with Gasteiger partial charge in [0.15, 0.2) is 0 Å². The number of nitrogens with two attached hydrogens (primary N) is 2. The average molecular weight is 185 g/mol. The maximum atomic E-state index is 11.5. The predicted octanol–water partition coefficient (Wildman–Crippen LogP) is -0.420. The van der Waals surface area contributed by atoms with E-state index in [2.05, 4.69) is 5.32 Å². The first kappa shape index (κ1) is 10.5. The molecule has 0 spiro atoms. The highest BCUT2D eigenvalue weighted by Crippen LogP contribution is 2.44. The molecule has 0 heterocycles. The van der Waals surface area contributed by atoms with Gasteiger partial charge in [-0.3, -0.25) is 4.79 Å². The molecule has 0 aromatic rings. The number of hydrogen-bond donors (Lipinski definition) is 3. The van der Waals surface area contributed by atoms with Gasteiger partial charge >= 0.3 is 0 Å². The van der Waals surface area contributed by atoms with Crippen molar-refractivity contribution in [2.75, 3.05) is 19.6 Å². The van der Waals surface area contributed by atoms with Crippen LogP contribution < -0.4 is 16.8 Å². The van der Waals surface area contributed by atoms with E-state index in [1.807, 2.05) is 0 Å². The Bertz CT molecular complexity index is 178. The first-order valence-corrected chi connectivity index (χ1v) is 4.93. The summed E-state index contributed by atoms with van der Waals surface area (Å²) in [7, 11) is 0. The van der Waals surface area contributed by atoms with E-state index < -0.39 is 0 Å². The van der Waals surface area contributed by atoms with Gasteiger partial charge in [-0.25, -0.2) is 0 Å². The quantitative estimate of drug-likeness (QED) is 0.492. The molecule has 0 atom stereocenters. The average Bonchev–Trinajstić information content (AvgIpc) is 2.93. The van der Waals surface area contributed by atoms with E-state index in [1.165, 1.54) is 0 Å². The highest BCUT2D eigenvalue weighted by Gasteiger charge is 2.48. The molecular formula is C9H19N3O. The van der Waals surface area contributed by atoms with Gasteiger partial charge in [0.1, 0.15) is 0 Å². The van der Waals surface area contributed by atoms with Gasteiger partial charge < -0.3 is 16.8 Å². The van der Waals surface area contributed by atoms with Crippen molar-refractivity contribution in [2.24, 2.45) is 16.9 Å². The molecule has 5 N–H and O–H groups in total. The van der Waals surface area contributed by atoms with Crippen molar-refractivity contribution in [1.82, 2.24) is 5.32 Å².